The zero-order chi connectivity index (χ0) is 13.7. The zero-order valence-electron chi connectivity index (χ0n) is 12.1. The van der Waals surface area contributed by atoms with E-state index in [1.165, 1.54) is 11.6 Å². The number of fused-ring (bicyclic) bond motifs is 1. The Kier molecular flexibility index (Phi) is 4.77. The first-order chi connectivity index (χ1) is 9.11. The first-order valence-corrected chi connectivity index (χ1v) is 10.2. The zero-order valence-corrected chi connectivity index (χ0v) is 13.1. The predicted molar refractivity (Wildman–Crippen MR) is 81.4 cm³/mol. The summed E-state index contributed by atoms with van der Waals surface area (Å²) in [6.45, 7) is 7.47. The molecular formula is C15H23NO2Si. The molecule has 1 heterocycles. The van der Waals surface area contributed by atoms with Gasteiger partial charge in [0.1, 0.15) is 0 Å². The average Bonchev–Trinajstić information content (AvgIpc) is 2.38. The predicted octanol–water partition coefficient (Wildman–Crippen LogP) is 4.00. The van der Waals surface area contributed by atoms with Gasteiger partial charge in [-0.25, -0.2) is 0 Å². The fraction of sp³-hybridized carbons (Fsp3) is 0.533. The third kappa shape index (κ3) is 4.18. The average molecular weight is 277 g/mol. The molecule has 0 bridgehead atoms. The number of nitrogens with zero attached hydrogens (tertiary/aromatic N) is 1. The Balaban J connectivity index is 1.81. The molecule has 1 aliphatic heterocycles. The van der Waals surface area contributed by atoms with E-state index in [0.717, 1.165) is 37.3 Å². The summed E-state index contributed by atoms with van der Waals surface area (Å²) in [5, 5.41) is 4.23. The highest BCUT2D eigenvalue weighted by molar-refractivity contribution is 6.71. The Morgan fingerprint density at radius 3 is 2.89 bits per heavy atom. The fourth-order valence-corrected chi connectivity index (χ4v) is 4.37. The molecule has 0 aliphatic carbocycles. The molecule has 0 spiro atoms. The van der Waals surface area contributed by atoms with E-state index >= 15 is 0 Å². The van der Waals surface area contributed by atoms with E-state index in [2.05, 4.69) is 37.3 Å². The maximum Gasteiger partial charge on any atom is 0.186 e. The lowest BCUT2D eigenvalue weighted by molar-refractivity contribution is 0.325. The van der Waals surface area contributed by atoms with Crippen molar-refractivity contribution < 1.29 is 9.26 Å². The minimum absolute atomic E-state index is 0.830. The van der Waals surface area contributed by atoms with E-state index in [-0.39, 0.29) is 0 Å². The number of benzene rings is 1. The molecule has 0 fully saturated rings. The topological polar surface area (TPSA) is 30.8 Å². The van der Waals surface area contributed by atoms with Gasteiger partial charge in [0, 0.05) is 18.6 Å². The lowest BCUT2D eigenvalue weighted by atomic mass is 10.0. The van der Waals surface area contributed by atoms with Crippen LogP contribution in [0.5, 0.6) is 5.75 Å². The van der Waals surface area contributed by atoms with Crippen molar-refractivity contribution in [3.63, 3.8) is 0 Å². The van der Waals surface area contributed by atoms with Gasteiger partial charge in [-0.05, 0) is 45.0 Å². The lowest BCUT2D eigenvalue weighted by Gasteiger charge is -2.22. The Morgan fingerprint density at radius 2 is 2.11 bits per heavy atom. The Labute approximate surface area is 116 Å². The van der Waals surface area contributed by atoms with Crippen LogP contribution < -0.4 is 4.84 Å². The van der Waals surface area contributed by atoms with Crippen molar-refractivity contribution in [1.82, 2.24) is 0 Å². The number of rotatable bonds is 6. The summed E-state index contributed by atoms with van der Waals surface area (Å²) >= 11 is 0. The van der Waals surface area contributed by atoms with Gasteiger partial charge in [0.05, 0.1) is 5.71 Å². The van der Waals surface area contributed by atoms with Crippen LogP contribution >= 0.6 is 0 Å². The summed E-state index contributed by atoms with van der Waals surface area (Å²) in [5.41, 5.74) is 2.40. The highest BCUT2D eigenvalue weighted by Gasteiger charge is 2.22. The van der Waals surface area contributed by atoms with Gasteiger partial charge in [-0.15, -0.1) is 0 Å². The van der Waals surface area contributed by atoms with Crippen LogP contribution in [0.1, 0.15) is 25.3 Å². The maximum absolute atomic E-state index is 5.84. The van der Waals surface area contributed by atoms with Crippen molar-refractivity contribution >= 4 is 14.0 Å². The molecule has 104 valence electrons. The van der Waals surface area contributed by atoms with Crippen molar-refractivity contribution in [2.24, 2.45) is 5.16 Å². The third-order valence-corrected chi connectivity index (χ3v) is 6.05. The molecule has 0 N–H and O–H groups in total. The lowest BCUT2D eigenvalue weighted by Crippen LogP contribution is -2.30. The van der Waals surface area contributed by atoms with Crippen LogP contribution in [0.3, 0.4) is 0 Å². The molecule has 1 aromatic rings. The molecule has 0 unspecified atom stereocenters. The molecule has 1 aliphatic rings. The molecule has 0 atom stereocenters. The van der Waals surface area contributed by atoms with Gasteiger partial charge < -0.3 is 9.26 Å². The van der Waals surface area contributed by atoms with Gasteiger partial charge in [-0.3, -0.25) is 0 Å². The highest BCUT2D eigenvalue weighted by Crippen LogP contribution is 2.24. The number of para-hydroxylation sites is 1. The van der Waals surface area contributed by atoms with Crippen molar-refractivity contribution in [3.05, 3.63) is 29.8 Å². The molecule has 0 radical (unpaired) electrons. The summed E-state index contributed by atoms with van der Waals surface area (Å²) < 4.78 is 5.84. The standard InChI is InChI=1S/C15H23NO2Si/c1-4-17-19(2,3)11-7-9-14-12-13-8-5-6-10-15(13)18-16-14/h5-6,8,10H,4,7,9,11-12H2,1-3H3. The van der Waals surface area contributed by atoms with Gasteiger partial charge in [0.15, 0.2) is 14.1 Å². The summed E-state index contributed by atoms with van der Waals surface area (Å²) in [6, 6.07) is 9.30. The largest absolute Gasteiger partial charge is 0.418 e. The van der Waals surface area contributed by atoms with E-state index < -0.39 is 8.32 Å². The van der Waals surface area contributed by atoms with Crippen LogP contribution in [0.4, 0.5) is 0 Å². The SMILES string of the molecule is CCO[Si](C)(C)CCCC1=NOc2ccccc2C1. The second kappa shape index (κ2) is 6.35. The monoisotopic (exact) mass is 277 g/mol. The number of oxime groups is 1. The highest BCUT2D eigenvalue weighted by atomic mass is 28.4. The van der Waals surface area contributed by atoms with E-state index in [9.17, 15) is 0 Å². The molecule has 0 aromatic heterocycles. The second-order valence-corrected chi connectivity index (χ2v) is 9.89. The molecule has 0 saturated heterocycles. The third-order valence-electron chi connectivity index (χ3n) is 3.42. The summed E-state index contributed by atoms with van der Waals surface area (Å²) in [4.78, 5) is 5.43. The van der Waals surface area contributed by atoms with Crippen LogP contribution in [0.15, 0.2) is 29.4 Å². The Morgan fingerprint density at radius 1 is 1.32 bits per heavy atom. The first-order valence-electron chi connectivity index (χ1n) is 7.05. The van der Waals surface area contributed by atoms with Crippen LogP contribution in [0.25, 0.3) is 0 Å². The van der Waals surface area contributed by atoms with Gasteiger partial charge in [-0.1, -0.05) is 23.4 Å². The normalized spacial score (nSPS) is 14.6. The summed E-state index contributed by atoms with van der Waals surface area (Å²) in [6.07, 6.45) is 3.08. The van der Waals surface area contributed by atoms with Crippen LogP contribution in [0.2, 0.25) is 19.1 Å². The molecule has 1 aromatic carbocycles. The molecular weight excluding hydrogens is 254 g/mol. The minimum Gasteiger partial charge on any atom is -0.418 e. The van der Waals surface area contributed by atoms with E-state index in [1.54, 1.807) is 0 Å². The molecule has 0 saturated carbocycles. The molecule has 2 rings (SSSR count). The van der Waals surface area contributed by atoms with Gasteiger partial charge in [0.25, 0.3) is 0 Å². The van der Waals surface area contributed by atoms with Gasteiger partial charge in [-0.2, -0.15) is 0 Å². The van der Waals surface area contributed by atoms with E-state index in [1.807, 2.05) is 12.1 Å². The van der Waals surface area contributed by atoms with Crippen molar-refractivity contribution in [3.8, 4) is 5.75 Å². The van der Waals surface area contributed by atoms with Crippen LogP contribution in [-0.2, 0) is 10.8 Å². The van der Waals surface area contributed by atoms with E-state index in [0.29, 0.717) is 0 Å². The smallest absolute Gasteiger partial charge is 0.186 e. The molecule has 3 nitrogen and oxygen atoms in total. The van der Waals surface area contributed by atoms with Crippen molar-refractivity contribution in [1.29, 1.82) is 0 Å². The first kappa shape index (κ1) is 14.3. The summed E-state index contributed by atoms with van der Waals surface area (Å²) in [5.74, 6) is 0.898. The Bertz CT molecular complexity index is 457. The van der Waals surface area contributed by atoms with Crippen molar-refractivity contribution in [2.45, 2.75) is 45.3 Å². The quantitative estimate of drug-likeness (QED) is 0.736. The fourth-order valence-electron chi connectivity index (χ4n) is 2.42. The van der Waals surface area contributed by atoms with Gasteiger partial charge in [0.2, 0.25) is 0 Å². The van der Waals surface area contributed by atoms with Gasteiger partial charge >= 0.3 is 0 Å². The van der Waals surface area contributed by atoms with Crippen LogP contribution in [-0.4, -0.2) is 20.6 Å². The van der Waals surface area contributed by atoms with E-state index in [4.69, 9.17) is 9.26 Å². The van der Waals surface area contributed by atoms with Crippen molar-refractivity contribution in [2.75, 3.05) is 6.61 Å². The number of hydrogen-bond acceptors (Lipinski definition) is 3. The molecule has 0 amide bonds. The second-order valence-electron chi connectivity index (χ2n) is 5.58. The summed E-state index contributed by atoms with van der Waals surface area (Å²) in [7, 11) is -1.46. The molecule has 19 heavy (non-hydrogen) atoms. The Hall–Kier alpha value is -1.13. The molecule has 4 heteroatoms. The maximum atomic E-state index is 5.84. The minimum atomic E-state index is -1.46. The van der Waals surface area contributed by atoms with Crippen LogP contribution in [0, 0.1) is 0 Å². The number of hydrogen-bond donors (Lipinski definition) is 0.